The second kappa shape index (κ2) is 9.66. The fourth-order valence-electron chi connectivity index (χ4n) is 0.248. The molecule has 0 aliphatic heterocycles. The van der Waals surface area contributed by atoms with Gasteiger partial charge in [0.15, 0.2) is 0 Å². The summed E-state index contributed by atoms with van der Waals surface area (Å²) in [6, 6.07) is 0. The predicted octanol–water partition coefficient (Wildman–Crippen LogP) is 1.34. The van der Waals surface area contributed by atoms with E-state index in [1.807, 2.05) is 0 Å². The first-order valence-electron chi connectivity index (χ1n) is 2.54. The van der Waals surface area contributed by atoms with Crippen LogP contribution in [0.1, 0.15) is 13.8 Å². The van der Waals surface area contributed by atoms with Crippen molar-refractivity contribution in [3.63, 3.8) is 0 Å². The third-order valence-electron chi connectivity index (χ3n) is 0.469. The van der Waals surface area contributed by atoms with E-state index in [0.29, 0.717) is 13.2 Å². The topological polar surface area (TPSA) is 35.5 Å². The van der Waals surface area contributed by atoms with Crippen molar-refractivity contribution in [1.29, 1.82) is 0 Å². The van der Waals surface area contributed by atoms with Gasteiger partial charge < -0.3 is 0 Å². The summed E-state index contributed by atoms with van der Waals surface area (Å²) in [6.45, 7) is 4.42. The van der Waals surface area contributed by atoms with Gasteiger partial charge in [0, 0.05) is 55.9 Å². The second-order valence-corrected chi connectivity index (χ2v) is 2.02. The average molecular weight is 176 g/mol. The Balaban J connectivity index is 0. The van der Waals surface area contributed by atoms with Gasteiger partial charge in [-0.25, -0.2) is 0 Å². The molecule has 0 bridgehead atoms. The fraction of sp³-hybridized carbons (Fsp3) is 1.00. The Morgan fingerprint density at radius 1 is 1.22 bits per heavy atom. The Morgan fingerprint density at radius 2 is 1.56 bits per heavy atom. The van der Waals surface area contributed by atoms with Gasteiger partial charge in [0.25, 0.3) is 0 Å². The van der Waals surface area contributed by atoms with Crippen LogP contribution in [0.5, 0.6) is 0 Å². The molecule has 0 aromatic rings. The first-order valence-corrected chi connectivity index (χ1v) is 3.63. The van der Waals surface area contributed by atoms with Crippen molar-refractivity contribution < 1.29 is 13.6 Å². The molecule has 0 amide bonds. The Labute approximate surface area is 98.9 Å². The van der Waals surface area contributed by atoms with Crippen molar-refractivity contribution in [3.05, 3.63) is 0 Å². The molecule has 1 radical (unpaired) electrons. The third-order valence-corrected chi connectivity index (χ3v) is 1.41. The van der Waals surface area contributed by atoms with Gasteiger partial charge in [0.2, 0.25) is 0 Å². The van der Waals surface area contributed by atoms with Gasteiger partial charge in [-0.3, -0.25) is 0 Å². The van der Waals surface area contributed by atoms with E-state index in [0.717, 1.165) is 0 Å². The van der Waals surface area contributed by atoms with Crippen molar-refractivity contribution in [2.45, 2.75) is 13.8 Å². The van der Waals surface area contributed by atoms with Gasteiger partial charge in [0.1, 0.15) is 13.2 Å². The summed E-state index contributed by atoms with van der Waals surface area (Å²) in [5, 5.41) is 0. The minimum Gasteiger partial charge on any atom is -0.119 e. The number of rotatable bonds is 4. The SMILES string of the molecule is CCO[P+](=O)OCC.[K]. The number of hydrogen-bond donors (Lipinski definition) is 0. The first kappa shape index (κ1) is 13.3. The van der Waals surface area contributed by atoms with Crippen molar-refractivity contribution in [1.82, 2.24) is 0 Å². The Morgan fingerprint density at radius 3 is 1.78 bits per heavy atom. The molecular weight excluding hydrogens is 166 g/mol. The van der Waals surface area contributed by atoms with Crippen molar-refractivity contribution in [3.8, 4) is 0 Å². The van der Waals surface area contributed by atoms with Crippen molar-refractivity contribution in [2.24, 2.45) is 0 Å². The zero-order chi connectivity index (χ0) is 6.41. The molecule has 0 aliphatic carbocycles. The van der Waals surface area contributed by atoms with E-state index in [2.05, 4.69) is 9.05 Å². The normalized spacial score (nSPS) is 8.22. The van der Waals surface area contributed by atoms with Gasteiger partial charge in [0.05, 0.1) is 0 Å². The molecule has 0 heterocycles. The molecule has 0 unspecified atom stereocenters. The number of hydrogen-bond acceptors (Lipinski definition) is 3. The average Bonchev–Trinajstić information content (AvgIpc) is 1.68. The maximum Gasteiger partial charge on any atom is 0.697 e. The van der Waals surface area contributed by atoms with Gasteiger partial charge in [-0.2, -0.15) is 0 Å². The Kier molecular flexibility index (Phi) is 14.2. The van der Waals surface area contributed by atoms with Crippen LogP contribution in [0.15, 0.2) is 0 Å². The summed E-state index contributed by atoms with van der Waals surface area (Å²) < 4.78 is 19.5. The molecule has 0 aliphatic rings. The summed E-state index contributed by atoms with van der Waals surface area (Å²) in [5.74, 6) is 0. The molecule has 5 heteroatoms. The van der Waals surface area contributed by atoms with E-state index in [-0.39, 0.29) is 51.4 Å². The van der Waals surface area contributed by atoms with Gasteiger partial charge in [-0.15, -0.1) is 9.05 Å². The van der Waals surface area contributed by atoms with E-state index < -0.39 is 8.25 Å². The third kappa shape index (κ3) is 9.66. The van der Waals surface area contributed by atoms with Crippen molar-refractivity contribution >= 4 is 59.6 Å². The molecular formula is C4H10KO3P+. The molecule has 0 rings (SSSR count). The van der Waals surface area contributed by atoms with Crippen LogP contribution in [0.3, 0.4) is 0 Å². The molecule has 49 valence electrons. The van der Waals surface area contributed by atoms with E-state index in [4.69, 9.17) is 0 Å². The van der Waals surface area contributed by atoms with E-state index >= 15 is 0 Å². The molecule has 0 N–H and O–H groups in total. The molecule has 9 heavy (non-hydrogen) atoms. The second-order valence-electron chi connectivity index (χ2n) is 1.06. The largest absolute Gasteiger partial charge is 0.697 e. The fourth-order valence-corrected chi connectivity index (χ4v) is 0.744. The summed E-state index contributed by atoms with van der Waals surface area (Å²) in [5.41, 5.74) is 0. The summed E-state index contributed by atoms with van der Waals surface area (Å²) in [6.07, 6.45) is 0. The van der Waals surface area contributed by atoms with Crippen LogP contribution in [-0.4, -0.2) is 64.6 Å². The van der Waals surface area contributed by atoms with Crippen LogP contribution < -0.4 is 0 Å². The van der Waals surface area contributed by atoms with Gasteiger partial charge in [-0.05, 0) is 13.8 Å². The van der Waals surface area contributed by atoms with Crippen LogP contribution in [0.4, 0.5) is 0 Å². The van der Waals surface area contributed by atoms with Gasteiger partial charge >= 0.3 is 8.25 Å². The van der Waals surface area contributed by atoms with E-state index in [9.17, 15) is 4.57 Å². The first-order chi connectivity index (χ1) is 3.81. The molecule has 3 nitrogen and oxygen atoms in total. The maximum atomic E-state index is 10.3. The standard InChI is InChI=1S/C4H10O3P.K/c1-3-6-8(5)7-4-2;/h3-4H2,1-2H3;/q+1;. The van der Waals surface area contributed by atoms with Crippen LogP contribution in [0, 0.1) is 0 Å². The van der Waals surface area contributed by atoms with E-state index in [1.54, 1.807) is 13.8 Å². The van der Waals surface area contributed by atoms with Crippen molar-refractivity contribution in [2.75, 3.05) is 13.2 Å². The van der Waals surface area contributed by atoms with Gasteiger partial charge in [-0.1, -0.05) is 0 Å². The maximum absolute atomic E-state index is 10.3. The predicted molar refractivity (Wildman–Crippen MR) is 36.6 cm³/mol. The minimum atomic E-state index is -1.83. The zero-order valence-corrected chi connectivity index (χ0v) is 10.1. The molecule has 0 spiro atoms. The van der Waals surface area contributed by atoms with Crippen LogP contribution >= 0.6 is 8.25 Å². The molecule has 0 atom stereocenters. The molecule has 0 aromatic heterocycles. The summed E-state index contributed by atoms with van der Waals surface area (Å²) >= 11 is 0. The smallest absolute Gasteiger partial charge is 0.119 e. The monoisotopic (exact) mass is 176 g/mol. The van der Waals surface area contributed by atoms with Crippen LogP contribution in [-0.2, 0) is 13.6 Å². The Hall–Kier alpha value is 1.66. The van der Waals surface area contributed by atoms with E-state index in [1.165, 1.54) is 0 Å². The minimum absolute atomic E-state index is 0. The quantitative estimate of drug-likeness (QED) is 0.479. The molecule has 0 aromatic carbocycles. The summed E-state index contributed by atoms with van der Waals surface area (Å²) in [4.78, 5) is 0. The molecule has 0 fully saturated rings. The summed E-state index contributed by atoms with van der Waals surface area (Å²) in [7, 11) is -1.83. The zero-order valence-electron chi connectivity index (χ0n) is 6.09. The van der Waals surface area contributed by atoms with Crippen LogP contribution in [0.2, 0.25) is 0 Å². The molecule has 0 saturated carbocycles. The Bertz CT molecular complexity index is 70.2. The van der Waals surface area contributed by atoms with Crippen LogP contribution in [0.25, 0.3) is 0 Å². The molecule has 0 saturated heterocycles.